The van der Waals surface area contributed by atoms with Crippen LogP contribution in [-0.4, -0.2) is 40.9 Å². The zero-order valence-corrected chi connectivity index (χ0v) is 18.3. The Morgan fingerprint density at radius 2 is 2.00 bits per heavy atom. The molecule has 7 nitrogen and oxygen atoms in total. The van der Waals surface area contributed by atoms with Crippen LogP contribution in [0.3, 0.4) is 0 Å². The summed E-state index contributed by atoms with van der Waals surface area (Å²) in [6.07, 6.45) is 0.937. The minimum atomic E-state index is -3.04. The molecule has 0 spiro atoms. The van der Waals surface area contributed by atoms with Crippen LogP contribution in [0.2, 0.25) is 5.28 Å². The Bertz CT molecular complexity index is 987. The summed E-state index contributed by atoms with van der Waals surface area (Å²) in [5.74, 6) is 0.607. The Hall–Kier alpha value is -1.18. The maximum absolute atomic E-state index is 12.5. The lowest BCUT2D eigenvalue weighted by Gasteiger charge is -2.17. The van der Waals surface area contributed by atoms with Crippen molar-refractivity contribution >= 4 is 62.9 Å². The Kier molecular flexibility index (Phi) is 6.76. The first-order valence-electron chi connectivity index (χ1n) is 8.73. The van der Waals surface area contributed by atoms with Crippen molar-refractivity contribution in [2.45, 2.75) is 20.3 Å². The third kappa shape index (κ3) is 4.63. The number of nitrogens with one attached hydrogen (secondary N) is 2. The number of nitrogens with zero attached hydrogens (tertiary/aromatic N) is 2. The fraction of sp³-hybridized carbons (Fsp3) is 0.412. The van der Waals surface area contributed by atoms with E-state index in [-0.39, 0.29) is 5.28 Å². The predicted molar refractivity (Wildman–Crippen MR) is 113 cm³/mol. The monoisotopic (exact) mass is 474 g/mol. The highest BCUT2D eigenvalue weighted by Crippen LogP contribution is 2.48. The highest BCUT2D eigenvalue weighted by Gasteiger charge is 2.22. The molecule has 2 N–H and O–H groups in total. The van der Waals surface area contributed by atoms with Crippen molar-refractivity contribution in [2.75, 3.05) is 31.2 Å². The van der Waals surface area contributed by atoms with Crippen molar-refractivity contribution in [3.8, 4) is 0 Å². The summed E-state index contributed by atoms with van der Waals surface area (Å²) in [5, 5.41) is 4.37. The molecule has 0 bridgehead atoms. The largest absolute Gasteiger partial charge is 0.368 e. The summed E-state index contributed by atoms with van der Waals surface area (Å²) in [7, 11) is -3.04. The second kappa shape index (κ2) is 8.88. The summed E-state index contributed by atoms with van der Waals surface area (Å²) in [5.41, 5.74) is 2.46. The van der Waals surface area contributed by atoms with Crippen LogP contribution in [0.25, 0.3) is 21.9 Å². The number of aromatic nitrogens is 3. The smallest absolute Gasteiger partial charge is 0.330 e. The van der Waals surface area contributed by atoms with Gasteiger partial charge in [0.05, 0.1) is 19.4 Å². The molecule has 2 aromatic heterocycles. The number of anilines is 1. The van der Waals surface area contributed by atoms with Gasteiger partial charge < -0.3 is 19.3 Å². The lowest BCUT2D eigenvalue weighted by Crippen LogP contribution is -2.08. The van der Waals surface area contributed by atoms with Gasteiger partial charge in [0, 0.05) is 21.9 Å². The van der Waals surface area contributed by atoms with Gasteiger partial charge in [-0.15, -0.1) is 0 Å². The van der Waals surface area contributed by atoms with Crippen molar-refractivity contribution in [3.05, 3.63) is 28.0 Å². The van der Waals surface area contributed by atoms with Crippen LogP contribution in [0.4, 0.5) is 5.82 Å². The Balaban J connectivity index is 1.78. The molecule has 10 heteroatoms. The Morgan fingerprint density at radius 1 is 1.26 bits per heavy atom. The molecule has 0 atom stereocenters. The first kappa shape index (κ1) is 20.6. The van der Waals surface area contributed by atoms with Crippen LogP contribution in [0.1, 0.15) is 20.3 Å². The summed E-state index contributed by atoms with van der Waals surface area (Å²) < 4.78 is 24.1. The molecule has 0 unspecified atom stereocenters. The average molecular weight is 476 g/mol. The van der Waals surface area contributed by atoms with Crippen LogP contribution in [0.15, 0.2) is 22.7 Å². The van der Waals surface area contributed by atoms with E-state index in [1.54, 1.807) is 13.8 Å². The van der Waals surface area contributed by atoms with Gasteiger partial charge in [-0.25, -0.2) is 4.98 Å². The fourth-order valence-electron chi connectivity index (χ4n) is 2.90. The van der Waals surface area contributed by atoms with Gasteiger partial charge >= 0.3 is 7.60 Å². The van der Waals surface area contributed by atoms with Crippen molar-refractivity contribution in [2.24, 2.45) is 0 Å². The Labute approximate surface area is 170 Å². The van der Waals surface area contributed by atoms with Gasteiger partial charge in [-0.05, 0) is 44.0 Å². The minimum absolute atomic E-state index is 0.163. The highest BCUT2D eigenvalue weighted by molar-refractivity contribution is 9.10. The van der Waals surface area contributed by atoms with Crippen LogP contribution in [0.5, 0.6) is 0 Å². The fourth-order valence-corrected chi connectivity index (χ4v) is 5.29. The SMILES string of the molecule is CCOP(=O)(CCCNc1nc(Cl)nc2c1[nH]c1cccc(Br)c12)OCC. The van der Waals surface area contributed by atoms with E-state index in [4.69, 9.17) is 20.6 Å². The standard InChI is InChI=1S/C17H21BrClN4O3P/c1-3-25-27(24,26-4-2)10-6-9-20-16-15-14(22-17(19)23-16)13-11(18)7-5-8-12(13)21-15/h5,7-8,21H,3-4,6,9-10H2,1-2H3,(H,20,22,23). The maximum atomic E-state index is 12.5. The van der Waals surface area contributed by atoms with Crippen LogP contribution in [0, 0.1) is 0 Å². The average Bonchev–Trinajstić information content (AvgIpc) is 2.99. The topological polar surface area (TPSA) is 89.1 Å². The molecule has 0 aliphatic carbocycles. The van der Waals surface area contributed by atoms with Crippen molar-refractivity contribution in [1.82, 2.24) is 15.0 Å². The van der Waals surface area contributed by atoms with Crippen LogP contribution < -0.4 is 5.32 Å². The number of rotatable bonds is 9. The first-order chi connectivity index (χ1) is 13.0. The zero-order valence-electron chi connectivity index (χ0n) is 15.1. The third-order valence-corrected chi connectivity index (χ3v) is 6.94. The Morgan fingerprint density at radius 3 is 2.70 bits per heavy atom. The maximum Gasteiger partial charge on any atom is 0.330 e. The molecule has 27 heavy (non-hydrogen) atoms. The number of halogens is 2. The van der Waals surface area contributed by atoms with E-state index >= 15 is 0 Å². The van der Waals surface area contributed by atoms with E-state index in [2.05, 4.69) is 36.2 Å². The lowest BCUT2D eigenvalue weighted by molar-refractivity contribution is 0.220. The molecule has 0 fully saturated rings. The molecule has 3 rings (SSSR count). The number of H-pyrrole nitrogens is 1. The van der Waals surface area contributed by atoms with Crippen LogP contribution >= 0.6 is 35.1 Å². The highest BCUT2D eigenvalue weighted by atomic mass is 79.9. The number of hydrogen-bond acceptors (Lipinski definition) is 6. The van der Waals surface area contributed by atoms with E-state index in [1.807, 2.05) is 18.2 Å². The van der Waals surface area contributed by atoms with Gasteiger partial charge in [-0.1, -0.05) is 22.0 Å². The number of benzene rings is 1. The van der Waals surface area contributed by atoms with Gasteiger partial charge in [0.2, 0.25) is 5.28 Å². The molecule has 0 amide bonds. The molecule has 0 aliphatic rings. The number of fused-ring (bicyclic) bond motifs is 3. The second-order valence-electron chi connectivity index (χ2n) is 5.80. The zero-order chi connectivity index (χ0) is 19.4. The molecule has 2 heterocycles. The minimum Gasteiger partial charge on any atom is -0.368 e. The summed E-state index contributed by atoms with van der Waals surface area (Å²) in [4.78, 5) is 12.0. The molecule has 3 aromatic rings. The summed E-state index contributed by atoms with van der Waals surface area (Å²) in [6.45, 7) is 4.87. The van der Waals surface area contributed by atoms with Gasteiger partial charge in [0.1, 0.15) is 11.0 Å². The van der Waals surface area contributed by atoms with Crippen molar-refractivity contribution in [3.63, 3.8) is 0 Å². The first-order valence-corrected chi connectivity index (χ1v) is 11.6. The summed E-state index contributed by atoms with van der Waals surface area (Å²) in [6, 6.07) is 5.88. The van der Waals surface area contributed by atoms with Crippen LogP contribution in [-0.2, 0) is 13.6 Å². The van der Waals surface area contributed by atoms with Gasteiger partial charge in [0.15, 0.2) is 5.82 Å². The quantitative estimate of drug-likeness (QED) is 0.238. The number of aromatic amines is 1. The third-order valence-electron chi connectivity index (χ3n) is 3.94. The molecular formula is C17H21BrClN4O3P. The van der Waals surface area contributed by atoms with E-state index in [9.17, 15) is 4.57 Å². The molecule has 0 saturated heterocycles. The normalized spacial score (nSPS) is 12.1. The molecule has 0 saturated carbocycles. The van der Waals surface area contributed by atoms with Gasteiger partial charge in [0.25, 0.3) is 0 Å². The second-order valence-corrected chi connectivity index (χ2v) is 9.18. The van der Waals surface area contributed by atoms with Crippen molar-refractivity contribution < 1.29 is 13.6 Å². The molecule has 0 aliphatic heterocycles. The molecule has 1 aromatic carbocycles. The van der Waals surface area contributed by atoms with E-state index in [0.29, 0.717) is 38.2 Å². The predicted octanol–water partition coefficient (Wildman–Crippen LogP) is 5.60. The van der Waals surface area contributed by atoms with Gasteiger partial charge in [-0.3, -0.25) is 4.57 Å². The van der Waals surface area contributed by atoms with E-state index < -0.39 is 7.60 Å². The van der Waals surface area contributed by atoms with E-state index in [0.717, 1.165) is 26.4 Å². The molecular weight excluding hydrogens is 455 g/mol. The van der Waals surface area contributed by atoms with Gasteiger partial charge in [-0.2, -0.15) is 4.98 Å². The molecule has 0 radical (unpaired) electrons. The van der Waals surface area contributed by atoms with E-state index in [1.165, 1.54) is 0 Å². The lowest BCUT2D eigenvalue weighted by atomic mass is 10.2. The summed E-state index contributed by atoms with van der Waals surface area (Å²) >= 11 is 9.68. The molecule has 146 valence electrons. The van der Waals surface area contributed by atoms with Crippen molar-refractivity contribution in [1.29, 1.82) is 0 Å². The number of hydrogen-bond donors (Lipinski definition) is 2.